The first-order chi connectivity index (χ1) is 17.5. The van der Waals surface area contributed by atoms with Gasteiger partial charge in [-0.3, -0.25) is 9.59 Å². The minimum Gasteiger partial charge on any atom is -0.352 e. The van der Waals surface area contributed by atoms with Crippen molar-refractivity contribution in [2.45, 2.75) is 70.5 Å². The van der Waals surface area contributed by atoms with Gasteiger partial charge in [-0.15, -0.1) is 0 Å². The first-order valence-corrected chi connectivity index (χ1v) is 12.9. The lowest BCUT2D eigenvalue weighted by Gasteiger charge is -2.33. The van der Waals surface area contributed by atoms with Crippen molar-refractivity contribution >= 4 is 11.8 Å². The number of carbonyl (C=O) groups is 2. The van der Waals surface area contributed by atoms with Crippen LogP contribution in [0.25, 0.3) is 0 Å². The molecule has 1 unspecified atom stereocenters. The van der Waals surface area contributed by atoms with E-state index in [4.69, 9.17) is 0 Å². The molecule has 3 aromatic carbocycles. The van der Waals surface area contributed by atoms with Crippen molar-refractivity contribution in [3.63, 3.8) is 0 Å². The van der Waals surface area contributed by atoms with E-state index >= 15 is 0 Å². The minimum absolute atomic E-state index is 0.117. The summed E-state index contributed by atoms with van der Waals surface area (Å²) in [6, 6.07) is 23.3. The van der Waals surface area contributed by atoms with Gasteiger partial charge in [0.1, 0.15) is 11.9 Å². The van der Waals surface area contributed by atoms with Gasteiger partial charge in [-0.1, -0.05) is 86.0 Å². The average molecular weight is 487 g/mol. The molecule has 4 nitrogen and oxygen atoms in total. The van der Waals surface area contributed by atoms with E-state index in [9.17, 15) is 14.0 Å². The summed E-state index contributed by atoms with van der Waals surface area (Å²) in [5.74, 6) is -0.563. The number of aryl methyl sites for hydroxylation is 1. The van der Waals surface area contributed by atoms with Crippen molar-refractivity contribution in [3.8, 4) is 0 Å². The van der Waals surface area contributed by atoms with Gasteiger partial charge >= 0.3 is 0 Å². The number of halogens is 1. The van der Waals surface area contributed by atoms with Crippen LogP contribution in [0.3, 0.4) is 0 Å². The highest BCUT2D eigenvalue weighted by Gasteiger charge is 2.32. The molecule has 36 heavy (non-hydrogen) atoms. The van der Waals surface area contributed by atoms with Crippen LogP contribution in [0.2, 0.25) is 0 Å². The molecule has 0 bridgehead atoms. The monoisotopic (exact) mass is 486 g/mol. The summed E-state index contributed by atoms with van der Waals surface area (Å²) in [6.45, 7) is 2.23. The zero-order valence-corrected chi connectivity index (χ0v) is 21.0. The molecule has 1 fully saturated rings. The van der Waals surface area contributed by atoms with Gasteiger partial charge < -0.3 is 10.2 Å². The highest BCUT2D eigenvalue weighted by molar-refractivity contribution is 5.89. The topological polar surface area (TPSA) is 49.4 Å². The van der Waals surface area contributed by atoms with E-state index in [0.717, 1.165) is 47.9 Å². The van der Waals surface area contributed by atoms with E-state index in [2.05, 4.69) is 5.32 Å². The summed E-state index contributed by atoms with van der Waals surface area (Å²) in [6.07, 6.45) is 5.98. The van der Waals surface area contributed by atoms with Gasteiger partial charge in [-0.2, -0.15) is 0 Å². The van der Waals surface area contributed by atoms with E-state index in [1.165, 1.54) is 18.6 Å². The second-order valence-electron chi connectivity index (χ2n) is 9.80. The van der Waals surface area contributed by atoms with E-state index in [0.29, 0.717) is 6.42 Å². The van der Waals surface area contributed by atoms with Crippen LogP contribution in [-0.4, -0.2) is 28.8 Å². The number of hydrogen-bond donors (Lipinski definition) is 1. The quantitative estimate of drug-likeness (QED) is 0.418. The van der Waals surface area contributed by atoms with Crippen LogP contribution in [0.5, 0.6) is 0 Å². The van der Waals surface area contributed by atoms with Crippen molar-refractivity contribution in [2.75, 3.05) is 0 Å². The minimum atomic E-state index is -0.670. The second-order valence-corrected chi connectivity index (χ2v) is 9.80. The van der Waals surface area contributed by atoms with Crippen molar-refractivity contribution in [1.29, 1.82) is 0 Å². The zero-order chi connectivity index (χ0) is 25.3. The Hall–Kier alpha value is -3.47. The molecule has 4 rings (SSSR count). The molecule has 5 heteroatoms. The Balaban J connectivity index is 1.65. The molecule has 1 saturated carbocycles. The Morgan fingerprint density at radius 1 is 0.889 bits per heavy atom. The number of benzene rings is 3. The molecule has 0 radical (unpaired) electrons. The van der Waals surface area contributed by atoms with Gasteiger partial charge in [-0.25, -0.2) is 4.39 Å². The summed E-state index contributed by atoms with van der Waals surface area (Å²) in [5, 5.41) is 3.25. The Kier molecular flexibility index (Phi) is 8.88. The maximum Gasteiger partial charge on any atom is 0.243 e. The molecule has 0 aromatic heterocycles. The van der Waals surface area contributed by atoms with Gasteiger partial charge in [0, 0.05) is 19.0 Å². The predicted molar refractivity (Wildman–Crippen MR) is 141 cm³/mol. The van der Waals surface area contributed by atoms with E-state index in [-0.39, 0.29) is 36.6 Å². The number of rotatable bonds is 9. The maximum absolute atomic E-state index is 13.8. The lowest BCUT2D eigenvalue weighted by molar-refractivity contribution is -0.141. The lowest BCUT2D eigenvalue weighted by Crippen LogP contribution is -2.53. The molecule has 1 N–H and O–H groups in total. The number of nitrogens with zero attached hydrogens (tertiary/aromatic N) is 1. The number of amides is 2. The normalized spacial score (nSPS) is 14.7. The fourth-order valence-electron chi connectivity index (χ4n) is 4.96. The molecule has 0 heterocycles. The van der Waals surface area contributed by atoms with Gasteiger partial charge in [0.15, 0.2) is 0 Å². The van der Waals surface area contributed by atoms with Crippen LogP contribution in [0.15, 0.2) is 78.9 Å². The van der Waals surface area contributed by atoms with E-state index in [1.807, 2.05) is 61.5 Å². The van der Waals surface area contributed by atoms with Gasteiger partial charge in [0.05, 0.1) is 6.42 Å². The van der Waals surface area contributed by atoms with E-state index in [1.54, 1.807) is 17.0 Å². The van der Waals surface area contributed by atoms with Gasteiger partial charge in [-0.05, 0) is 54.2 Å². The summed E-state index contributed by atoms with van der Waals surface area (Å²) in [4.78, 5) is 29.3. The fraction of sp³-hybridized carbons (Fsp3) is 0.355. The van der Waals surface area contributed by atoms with Crippen LogP contribution >= 0.6 is 0 Å². The van der Waals surface area contributed by atoms with Crippen LogP contribution in [-0.2, 0) is 29.0 Å². The lowest BCUT2D eigenvalue weighted by atomic mass is 9.94. The highest BCUT2D eigenvalue weighted by Crippen LogP contribution is 2.21. The van der Waals surface area contributed by atoms with Gasteiger partial charge in [0.2, 0.25) is 11.8 Å². The number of hydrogen-bond acceptors (Lipinski definition) is 2. The number of nitrogens with one attached hydrogen (secondary N) is 1. The molecule has 3 aromatic rings. The number of carbonyl (C=O) groups excluding carboxylic acids is 2. The molecule has 2 amide bonds. The Bertz CT molecular complexity index is 1140. The molecule has 1 aliphatic carbocycles. The van der Waals surface area contributed by atoms with Crippen molar-refractivity contribution in [3.05, 3.63) is 107 Å². The molecule has 0 spiro atoms. The smallest absolute Gasteiger partial charge is 0.243 e. The van der Waals surface area contributed by atoms with Crippen LogP contribution in [0.4, 0.5) is 4.39 Å². The van der Waals surface area contributed by atoms with Crippen molar-refractivity contribution in [2.24, 2.45) is 0 Å². The zero-order valence-electron chi connectivity index (χ0n) is 21.0. The van der Waals surface area contributed by atoms with E-state index < -0.39 is 6.04 Å². The SMILES string of the molecule is Cc1ccccc1CC(=O)N(Cc1ccc(F)cc1)C(Cc1ccccc1)C(=O)NC1CCCCC1. The fourth-order valence-corrected chi connectivity index (χ4v) is 4.96. The molecular formula is C31H35FN2O2. The third kappa shape index (κ3) is 7.03. The molecular weight excluding hydrogens is 451 g/mol. The molecule has 188 valence electrons. The first-order valence-electron chi connectivity index (χ1n) is 12.9. The Labute approximate surface area is 213 Å². The first kappa shape index (κ1) is 25.6. The van der Waals surface area contributed by atoms with Crippen molar-refractivity contribution < 1.29 is 14.0 Å². The van der Waals surface area contributed by atoms with Crippen LogP contribution in [0.1, 0.15) is 54.4 Å². The summed E-state index contributed by atoms with van der Waals surface area (Å²) >= 11 is 0. The van der Waals surface area contributed by atoms with Crippen molar-refractivity contribution in [1.82, 2.24) is 10.2 Å². The molecule has 0 saturated heterocycles. The summed E-state index contributed by atoms with van der Waals surface area (Å²) < 4.78 is 13.6. The van der Waals surface area contributed by atoms with Gasteiger partial charge in [0.25, 0.3) is 0 Å². The Morgan fingerprint density at radius 2 is 1.56 bits per heavy atom. The summed E-state index contributed by atoms with van der Waals surface area (Å²) in [5.41, 5.74) is 3.77. The van der Waals surface area contributed by atoms with Crippen LogP contribution < -0.4 is 5.32 Å². The maximum atomic E-state index is 13.8. The molecule has 1 aliphatic rings. The third-order valence-electron chi connectivity index (χ3n) is 7.09. The summed E-state index contributed by atoms with van der Waals surface area (Å²) in [7, 11) is 0. The molecule has 1 atom stereocenters. The third-order valence-corrected chi connectivity index (χ3v) is 7.09. The largest absolute Gasteiger partial charge is 0.352 e. The molecule has 0 aliphatic heterocycles. The second kappa shape index (κ2) is 12.5. The highest BCUT2D eigenvalue weighted by atomic mass is 19.1. The van der Waals surface area contributed by atoms with Crippen LogP contribution in [0, 0.1) is 12.7 Å². The average Bonchev–Trinajstić information content (AvgIpc) is 2.89. The predicted octanol–water partition coefficient (Wildman–Crippen LogP) is 5.77. The standard InChI is InChI=1S/C31H35FN2O2/c1-23-10-8-9-13-26(23)21-30(35)34(22-25-16-18-27(32)19-17-25)29(20-24-11-4-2-5-12-24)31(36)33-28-14-6-3-7-15-28/h2,4-5,8-13,16-19,28-29H,3,6-7,14-15,20-22H2,1H3,(H,33,36). The Morgan fingerprint density at radius 3 is 2.25 bits per heavy atom.